The fraction of sp³-hybridized carbons (Fsp3) is 0.619. The average Bonchev–Trinajstić information content (AvgIpc) is 2.64. The molecule has 0 bridgehead atoms. The Kier molecular flexibility index (Phi) is 7.64. The number of hydrogen-bond acceptors (Lipinski definition) is 3. The maximum absolute atomic E-state index is 12.4. The normalized spacial score (nSPS) is 15.5. The molecule has 0 unspecified atom stereocenters. The van der Waals surface area contributed by atoms with Crippen LogP contribution >= 0.6 is 0 Å². The monoisotopic (exact) mass is 359 g/mol. The maximum atomic E-state index is 12.4. The van der Waals surface area contributed by atoms with Crippen LogP contribution in [0.1, 0.15) is 56.5 Å². The highest BCUT2D eigenvalue weighted by Crippen LogP contribution is 2.16. The number of nitrogens with zero attached hydrogens (tertiary/aromatic N) is 2. The largest absolute Gasteiger partial charge is 0.352 e. The molecule has 1 fully saturated rings. The lowest BCUT2D eigenvalue weighted by Crippen LogP contribution is -2.40. The van der Waals surface area contributed by atoms with Crippen molar-refractivity contribution in [1.29, 1.82) is 0 Å². The van der Waals surface area contributed by atoms with Gasteiger partial charge in [0, 0.05) is 44.7 Å². The van der Waals surface area contributed by atoms with Crippen LogP contribution in [0.25, 0.3) is 0 Å². The van der Waals surface area contributed by atoms with Crippen LogP contribution < -0.4 is 5.32 Å². The zero-order chi connectivity index (χ0) is 19.1. The molecular weight excluding hydrogens is 326 g/mol. The van der Waals surface area contributed by atoms with E-state index in [1.807, 2.05) is 29.2 Å². The van der Waals surface area contributed by atoms with Crippen LogP contribution in [0.4, 0.5) is 0 Å². The van der Waals surface area contributed by atoms with Crippen LogP contribution in [-0.2, 0) is 11.3 Å². The minimum atomic E-state index is -0.0123. The molecule has 1 saturated heterocycles. The van der Waals surface area contributed by atoms with Crippen molar-refractivity contribution in [1.82, 2.24) is 15.1 Å². The molecule has 0 saturated carbocycles. The smallest absolute Gasteiger partial charge is 0.251 e. The van der Waals surface area contributed by atoms with Crippen molar-refractivity contribution in [3.63, 3.8) is 0 Å². The zero-order valence-electron chi connectivity index (χ0n) is 16.6. The predicted octanol–water partition coefficient (Wildman–Crippen LogP) is 2.91. The predicted molar refractivity (Wildman–Crippen MR) is 105 cm³/mol. The summed E-state index contributed by atoms with van der Waals surface area (Å²) in [6, 6.07) is 8.43. The minimum absolute atomic E-state index is 0.0123. The van der Waals surface area contributed by atoms with E-state index in [9.17, 15) is 9.59 Å². The van der Waals surface area contributed by atoms with Crippen molar-refractivity contribution in [2.45, 2.75) is 53.1 Å². The summed E-state index contributed by atoms with van der Waals surface area (Å²) < 4.78 is 0. The van der Waals surface area contributed by atoms with Crippen LogP contribution in [0.3, 0.4) is 0 Å². The van der Waals surface area contributed by atoms with Crippen molar-refractivity contribution in [3.8, 4) is 0 Å². The summed E-state index contributed by atoms with van der Waals surface area (Å²) in [5.74, 6) is 0.589. The molecule has 2 amide bonds. The van der Waals surface area contributed by atoms with Crippen molar-refractivity contribution in [2.75, 3.05) is 26.2 Å². The molecule has 1 aliphatic rings. The summed E-state index contributed by atoms with van der Waals surface area (Å²) in [5.41, 5.74) is 1.94. The van der Waals surface area contributed by atoms with Gasteiger partial charge in [0.25, 0.3) is 5.91 Å². The van der Waals surface area contributed by atoms with Gasteiger partial charge in [-0.25, -0.2) is 0 Å². The molecular formula is C21H33N3O2. The van der Waals surface area contributed by atoms with E-state index in [-0.39, 0.29) is 11.8 Å². The number of piperidine rings is 1. The van der Waals surface area contributed by atoms with Crippen molar-refractivity contribution in [3.05, 3.63) is 35.4 Å². The molecule has 5 heteroatoms. The van der Waals surface area contributed by atoms with Gasteiger partial charge in [-0.1, -0.05) is 19.1 Å². The second-order valence-corrected chi connectivity index (χ2v) is 7.51. The molecule has 144 valence electrons. The second-order valence-electron chi connectivity index (χ2n) is 7.51. The highest BCUT2D eigenvalue weighted by atomic mass is 16.2. The second kappa shape index (κ2) is 9.72. The van der Waals surface area contributed by atoms with E-state index >= 15 is 0 Å². The van der Waals surface area contributed by atoms with Gasteiger partial charge in [-0.15, -0.1) is 0 Å². The molecule has 0 aliphatic carbocycles. The minimum Gasteiger partial charge on any atom is -0.352 e. The Morgan fingerprint density at radius 1 is 1.19 bits per heavy atom. The Labute approximate surface area is 157 Å². The van der Waals surface area contributed by atoms with E-state index in [2.05, 4.69) is 31.0 Å². The molecule has 0 aromatic heterocycles. The van der Waals surface area contributed by atoms with E-state index in [0.717, 1.165) is 39.0 Å². The first kappa shape index (κ1) is 20.4. The first-order chi connectivity index (χ1) is 12.4. The maximum Gasteiger partial charge on any atom is 0.251 e. The number of nitrogens with one attached hydrogen (secondary N) is 1. The topological polar surface area (TPSA) is 52.7 Å². The molecule has 0 atom stereocenters. The highest BCUT2D eigenvalue weighted by Gasteiger charge is 2.21. The van der Waals surface area contributed by atoms with Gasteiger partial charge in [0.15, 0.2) is 0 Å². The first-order valence-corrected chi connectivity index (χ1v) is 9.77. The third-order valence-corrected chi connectivity index (χ3v) is 5.35. The Bertz CT molecular complexity index is 590. The van der Waals surface area contributed by atoms with Crippen LogP contribution in [0.5, 0.6) is 0 Å². The van der Waals surface area contributed by atoms with E-state index in [1.165, 1.54) is 5.56 Å². The summed E-state index contributed by atoms with van der Waals surface area (Å²) in [5, 5.41) is 3.05. The lowest BCUT2D eigenvalue weighted by Gasteiger charge is -2.31. The zero-order valence-corrected chi connectivity index (χ0v) is 16.6. The van der Waals surface area contributed by atoms with Crippen LogP contribution in [0.2, 0.25) is 0 Å². The quantitative estimate of drug-likeness (QED) is 0.814. The molecule has 1 aromatic rings. The molecule has 0 radical (unpaired) electrons. The number of carbonyl (C=O) groups is 2. The SMILES string of the molecule is CCN(Cc1ccc(C(=O)NCC2CCN(C(C)=O)CC2)cc1)C(C)C. The number of hydrogen-bond donors (Lipinski definition) is 1. The Morgan fingerprint density at radius 2 is 1.81 bits per heavy atom. The van der Waals surface area contributed by atoms with E-state index in [1.54, 1.807) is 6.92 Å². The number of benzene rings is 1. The molecule has 0 spiro atoms. The summed E-state index contributed by atoms with van der Waals surface area (Å²) in [6.07, 6.45) is 1.92. The summed E-state index contributed by atoms with van der Waals surface area (Å²) in [7, 11) is 0. The molecule has 2 rings (SSSR count). The van der Waals surface area contributed by atoms with Gasteiger partial charge in [0.05, 0.1) is 0 Å². The number of rotatable bonds is 7. The molecule has 5 nitrogen and oxygen atoms in total. The van der Waals surface area contributed by atoms with Gasteiger partial charge in [0.1, 0.15) is 0 Å². The summed E-state index contributed by atoms with van der Waals surface area (Å²) >= 11 is 0. The van der Waals surface area contributed by atoms with Gasteiger partial charge in [-0.2, -0.15) is 0 Å². The lowest BCUT2D eigenvalue weighted by molar-refractivity contribution is -0.130. The standard InChI is InChI=1S/C21H33N3O2/c1-5-23(16(2)3)15-19-6-8-20(9-7-19)21(26)22-14-18-10-12-24(13-11-18)17(4)25/h6-9,16,18H,5,10-15H2,1-4H3,(H,22,26). The number of carbonyl (C=O) groups excluding carboxylic acids is 2. The third-order valence-electron chi connectivity index (χ3n) is 5.35. The Hall–Kier alpha value is -1.88. The lowest BCUT2D eigenvalue weighted by atomic mass is 9.96. The van der Waals surface area contributed by atoms with Gasteiger partial charge in [-0.3, -0.25) is 14.5 Å². The van der Waals surface area contributed by atoms with Crippen LogP contribution in [-0.4, -0.2) is 53.8 Å². The fourth-order valence-corrected chi connectivity index (χ4v) is 3.45. The molecule has 1 heterocycles. The molecule has 1 aromatic carbocycles. The van der Waals surface area contributed by atoms with Crippen LogP contribution in [0, 0.1) is 5.92 Å². The third kappa shape index (κ3) is 5.84. The highest BCUT2D eigenvalue weighted by molar-refractivity contribution is 5.94. The number of likely N-dealkylation sites (tertiary alicyclic amines) is 1. The fourth-order valence-electron chi connectivity index (χ4n) is 3.45. The van der Waals surface area contributed by atoms with E-state index in [4.69, 9.17) is 0 Å². The average molecular weight is 360 g/mol. The van der Waals surface area contributed by atoms with Gasteiger partial charge >= 0.3 is 0 Å². The van der Waals surface area contributed by atoms with Gasteiger partial charge < -0.3 is 10.2 Å². The van der Waals surface area contributed by atoms with E-state index in [0.29, 0.717) is 24.1 Å². The van der Waals surface area contributed by atoms with Crippen molar-refractivity contribution in [2.24, 2.45) is 5.92 Å². The Balaban J connectivity index is 1.80. The van der Waals surface area contributed by atoms with Gasteiger partial charge in [0.2, 0.25) is 5.91 Å². The molecule has 1 aliphatic heterocycles. The molecule has 1 N–H and O–H groups in total. The Morgan fingerprint density at radius 3 is 2.31 bits per heavy atom. The first-order valence-electron chi connectivity index (χ1n) is 9.77. The summed E-state index contributed by atoms with van der Waals surface area (Å²) in [4.78, 5) is 28.0. The van der Waals surface area contributed by atoms with Gasteiger partial charge in [-0.05, 0) is 56.8 Å². The number of amides is 2. The van der Waals surface area contributed by atoms with Crippen LogP contribution in [0.15, 0.2) is 24.3 Å². The van der Waals surface area contributed by atoms with Crippen molar-refractivity contribution >= 4 is 11.8 Å². The molecule has 26 heavy (non-hydrogen) atoms. The van der Waals surface area contributed by atoms with Crippen molar-refractivity contribution < 1.29 is 9.59 Å². The van der Waals surface area contributed by atoms with E-state index < -0.39 is 0 Å². The summed E-state index contributed by atoms with van der Waals surface area (Å²) in [6.45, 7) is 12.4.